The third-order valence-electron chi connectivity index (χ3n) is 2.90. The van der Waals surface area contributed by atoms with Crippen LogP contribution in [0.5, 0.6) is 0 Å². The predicted octanol–water partition coefficient (Wildman–Crippen LogP) is 1.85. The molecule has 2 rings (SSSR count). The van der Waals surface area contributed by atoms with Gasteiger partial charge in [0.25, 0.3) is 0 Å². The van der Waals surface area contributed by atoms with Crippen molar-refractivity contribution in [2.45, 2.75) is 6.42 Å². The predicted molar refractivity (Wildman–Crippen MR) is 86.6 cm³/mol. The molecule has 0 aliphatic rings. The van der Waals surface area contributed by atoms with E-state index in [0.29, 0.717) is 18.1 Å². The van der Waals surface area contributed by atoms with Crippen molar-refractivity contribution in [3.05, 3.63) is 41.3 Å². The molecule has 0 aliphatic heterocycles. The average Bonchev–Trinajstić information content (AvgIpc) is 2.52. The van der Waals surface area contributed by atoms with Gasteiger partial charge in [0.1, 0.15) is 12.0 Å². The lowest BCUT2D eigenvalue weighted by Crippen LogP contribution is -2.17. The number of nitrogens with zero attached hydrogens (tertiary/aromatic N) is 2. The number of benzene rings is 1. The highest BCUT2D eigenvalue weighted by molar-refractivity contribution is 6.32. The maximum atomic E-state index is 11.8. The molecule has 0 bridgehead atoms. The second-order valence-corrected chi connectivity index (χ2v) is 4.89. The number of anilines is 3. The van der Waals surface area contributed by atoms with E-state index in [4.69, 9.17) is 22.4 Å². The van der Waals surface area contributed by atoms with Gasteiger partial charge in [-0.15, -0.1) is 0 Å². The molecule has 1 aromatic carbocycles. The maximum absolute atomic E-state index is 11.8. The summed E-state index contributed by atoms with van der Waals surface area (Å²) in [5, 5.41) is 14.5. The summed E-state index contributed by atoms with van der Waals surface area (Å²) in [7, 11) is 0. The molecule has 0 saturated carbocycles. The van der Waals surface area contributed by atoms with Crippen LogP contribution in [0, 0.1) is 0 Å². The molecular weight excluding hydrogens is 322 g/mol. The first-order valence-electron chi connectivity index (χ1n) is 6.60. The fourth-order valence-corrected chi connectivity index (χ4v) is 1.86. The van der Waals surface area contributed by atoms with Crippen molar-refractivity contribution in [3.8, 4) is 0 Å². The van der Waals surface area contributed by atoms with Crippen LogP contribution >= 0.6 is 11.6 Å². The van der Waals surface area contributed by atoms with Gasteiger partial charge in [-0.05, 0) is 24.3 Å². The number of carbonyl (C=O) groups is 2. The highest BCUT2D eigenvalue weighted by atomic mass is 35.5. The van der Waals surface area contributed by atoms with Crippen molar-refractivity contribution < 1.29 is 14.7 Å². The Bertz CT molecular complexity index is 721. The Morgan fingerprint density at radius 3 is 2.57 bits per heavy atom. The molecule has 0 aliphatic carbocycles. The standard InChI is InChI=1S/C14H14ClN5O3/c15-12-11(16)13(19-7-18-12)17-6-5-10(21)20-9-3-1-8(2-4-9)14(22)23/h1-4,7H,5-6,16H2,(H,20,21)(H,22,23)(H,17,18,19). The summed E-state index contributed by atoms with van der Waals surface area (Å²) in [6, 6.07) is 5.88. The number of aromatic carboxylic acids is 1. The molecule has 2 aromatic rings. The minimum Gasteiger partial charge on any atom is -0.478 e. The van der Waals surface area contributed by atoms with Crippen molar-refractivity contribution in [1.82, 2.24) is 9.97 Å². The summed E-state index contributed by atoms with van der Waals surface area (Å²) in [6.45, 7) is 0.302. The molecule has 0 unspecified atom stereocenters. The first kappa shape index (κ1) is 16.5. The monoisotopic (exact) mass is 335 g/mol. The number of carboxylic acid groups (broad SMARTS) is 1. The number of aromatic nitrogens is 2. The Balaban J connectivity index is 1.83. The lowest BCUT2D eigenvalue weighted by Gasteiger charge is -2.09. The number of hydrogen-bond donors (Lipinski definition) is 4. The fraction of sp³-hybridized carbons (Fsp3) is 0.143. The van der Waals surface area contributed by atoms with Crippen LogP contribution in [0.1, 0.15) is 16.8 Å². The Morgan fingerprint density at radius 1 is 1.22 bits per heavy atom. The summed E-state index contributed by atoms with van der Waals surface area (Å²) < 4.78 is 0. The van der Waals surface area contributed by atoms with Gasteiger partial charge in [0.15, 0.2) is 11.0 Å². The smallest absolute Gasteiger partial charge is 0.335 e. The van der Waals surface area contributed by atoms with Crippen LogP contribution in [-0.2, 0) is 4.79 Å². The third-order valence-corrected chi connectivity index (χ3v) is 3.20. The highest BCUT2D eigenvalue weighted by Crippen LogP contribution is 2.21. The van der Waals surface area contributed by atoms with E-state index < -0.39 is 5.97 Å². The van der Waals surface area contributed by atoms with E-state index in [0.717, 1.165) is 0 Å². The van der Waals surface area contributed by atoms with E-state index >= 15 is 0 Å². The van der Waals surface area contributed by atoms with Crippen molar-refractivity contribution >= 4 is 40.7 Å². The van der Waals surface area contributed by atoms with E-state index in [1.54, 1.807) is 0 Å². The molecule has 1 amide bonds. The summed E-state index contributed by atoms with van der Waals surface area (Å²) in [4.78, 5) is 30.2. The molecule has 1 heterocycles. The van der Waals surface area contributed by atoms with Gasteiger partial charge in [0.05, 0.1) is 5.56 Å². The van der Waals surface area contributed by atoms with Gasteiger partial charge in [-0.3, -0.25) is 4.79 Å². The maximum Gasteiger partial charge on any atom is 0.335 e. The fourth-order valence-electron chi connectivity index (χ4n) is 1.73. The second kappa shape index (κ2) is 7.41. The number of nitrogen functional groups attached to an aromatic ring is 1. The number of carboxylic acids is 1. The average molecular weight is 336 g/mol. The zero-order valence-electron chi connectivity index (χ0n) is 11.9. The van der Waals surface area contributed by atoms with Crippen LogP contribution in [0.2, 0.25) is 5.15 Å². The van der Waals surface area contributed by atoms with E-state index in [1.807, 2.05) is 0 Å². The van der Waals surface area contributed by atoms with Crippen molar-refractivity contribution in [2.75, 3.05) is 22.9 Å². The Hall–Kier alpha value is -2.87. The molecule has 8 nitrogen and oxygen atoms in total. The highest BCUT2D eigenvalue weighted by Gasteiger charge is 2.07. The minimum atomic E-state index is -1.02. The van der Waals surface area contributed by atoms with E-state index in [1.165, 1.54) is 30.6 Å². The number of carbonyl (C=O) groups excluding carboxylic acids is 1. The quantitative estimate of drug-likeness (QED) is 0.592. The second-order valence-electron chi connectivity index (χ2n) is 4.53. The van der Waals surface area contributed by atoms with Crippen LogP contribution in [0.25, 0.3) is 0 Å². The number of nitrogens with one attached hydrogen (secondary N) is 2. The van der Waals surface area contributed by atoms with Gasteiger partial charge in [-0.25, -0.2) is 14.8 Å². The SMILES string of the molecule is Nc1c(Cl)ncnc1NCCC(=O)Nc1ccc(C(=O)O)cc1. The lowest BCUT2D eigenvalue weighted by atomic mass is 10.2. The van der Waals surface area contributed by atoms with Crippen molar-refractivity contribution in [3.63, 3.8) is 0 Å². The minimum absolute atomic E-state index is 0.144. The summed E-state index contributed by atoms with van der Waals surface area (Å²) >= 11 is 5.76. The third kappa shape index (κ3) is 4.55. The van der Waals surface area contributed by atoms with Crippen LogP contribution in [-0.4, -0.2) is 33.5 Å². The molecule has 9 heteroatoms. The van der Waals surface area contributed by atoms with Gasteiger partial charge in [-0.2, -0.15) is 0 Å². The van der Waals surface area contributed by atoms with Crippen LogP contribution in [0.3, 0.4) is 0 Å². The largest absolute Gasteiger partial charge is 0.478 e. The van der Waals surface area contributed by atoms with Gasteiger partial charge in [0.2, 0.25) is 5.91 Å². The van der Waals surface area contributed by atoms with Crippen LogP contribution in [0.15, 0.2) is 30.6 Å². The molecule has 120 valence electrons. The van der Waals surface area contributed by atoms with Crippen molar-refractivity contribution in [1.29, 1.82) is 0 Å². The normalized spacial score (nSPS) is 10.1. The molecule has 0 spiro atoms. The van der Waals surface area contributed by atoms with Gasteiger partial charge < -0.3 is 21.5 Å². The molecule has 1 aromatic heterocycles. The summed E-state index contributed by atoms with van der Waals surface area (Å²) in [5.41, 5.74) is 6.59. The van der Waals surface area contributed by atoms with Crippen LogP contribution < -0.4 is 16.4 Å². The van der Waals surface area contributed by atoms with Gasteiger partial charge in [0, 0.05) is 18.7 Å². The molecule has 0 radical (unpaired) electrons. The molecule has 23 heavy (non-hydrogen) atoms. The zero-order valence-corrected chi connectivity index (χ0v) is 12.7. The Kier molecular flexibility index (Phi) is 5.32. The first-order chi connectivity index (χ1) is 11.0. The number of halogens is 1. The van der Waals surface area contributed by atoms with E-state index in [2.05, 4.69) is 20.6 Å². The molecule has 0 atom stereocenters. The number of rotatable bonds is 6. The van der Waals surface area contributed by atoms with Gasteiger partial charge in [-0.1, -0.05) is 11.6 Å². The van der Waals surface area contributed by atoms with Crippen molar-refractivity contribution in [2.24, 2.45) is 0 Å². The number of hydrogen-bond acceptors (Lipinski definition) is 6. The zero-order chi connectivity index (χ0) is 16.8. The summed E-state index contributed by atoms with van der Waals surface area (Å²) in [6.07, 6.45) is 1.44. The first-order valence-corrected chi connectivity index (χ1v) is 6.98. The van der Waals surface area contributed by atoms with E-state index in [9.17, 15) is 9.59 Å². The lowest BCUT2D eigenvalue weighted by molar-refractivity contribution is -0.115. The summed E-state index contributed by atoms with van der Waals surface area (Å²) in [5.74, 6) is -0.893. The van der Waals surface area contributed by atoms with Crippen LogP contribution in [0.4, 0.5) is 17.2 Å². The topological polar surface area (TPSA) is 130 Å². The molecular formula is C14H14ClN5O3. The number of amides is 1. The molecule has 5 N–H and O–H groups in total. The van der Waals surface area contributed by atoms with E-state index in [-0.39, 0.29) is 28.7 Å². The molecule has 0 saturated heterocycles. The Labute approximate surface area is 136 Å². The van der Waals surface area contributed by atoms with Gasteiger partial charge >= 0.3 is 5.97 Å². The molecule has 0 fully saturated rings. The Morgan fingerprint density at radius 2 is 1.91 bits per heavy atom. The number of nitrogens with two attached hydrogens (primary N) is 1.